The Morgan fingerprint density at radius 1 is 1.14 bits per heavy atom. The van der Waals surface area contributed by atoms with Crippen LogP contribution in [0.2, 0.25) is 0 Å². The van der Waals surface area contributed by atoms with Gasteiger partial charge in [-0.2, -0.15) is 0 Å². The summed E-state index contributed by atoms with van der Waals surface area (Å²) in [5.74, 6) is 0.899. The maximum absolute atomic E-state index is 5.69. The standard InChI is InChI=1S/C17H21BrN2O/c1-4-20-17(14-9-15(18)11-19-10-14)13-5-7-16(8-6-13)21-12(2)3/h5-12,17,20H,4H2,1-3H3. The average Bonchev–Trinajstić information content (AvgIpc) is 2.45. The SMILES string of the molecule is CCNC(c1ccc(OC(C)C)cc1)c1cncc(Br)c1. The number of ether oxygens (including phenoxy) is 1. The molecule has 2 rings (SSSR count). The molecule has 3 nitrogen and oxygen atoms in total. The molecule has 1 aromatic heterocycles. The van der Waals surface area contributed by atoms with Gasteiger partial charge < -0.3 is 10.1 Å². The van der Waals surface area contributed by atoms with E-state index >= 15 is 0 Å². The van der Waals surface area contributed by atoms with E-state index < -0.39 is 0 Å². The van der Waals surface area contributed by atoms with Gasteiger partial charge in [0, 0.05) is 16.9 Å². The Bertz CT molecular complexity index is 569. The van der Waals surface area contributed by atoms with Crippen molar-refractivity contribution < 1.29 is 4.74 Å². The van der Waals surface area contributed by atoms with Gasteiger partial charge in [-0.15, -0.1) is 0 Å². The van der Waals surface area contributed by atoms with E-state index in [4.69, 9.17) is 4.74 Å². The number of pyridine rings is 1. The largest absolute Gasteiger partial charge is 0.491 e. The van der Waals surface area contributed by atoms with Crippen molar-refractivity contribution in [3.8, 4) is 5.75 Å². The van der Waals surface area contributed by atoms with Gasteiger partial charge in [0.15, 0.2) is 0 Å². The Morgan fingerprint density at radius 3 is 2.43 bits per heavy atom. The van der Waals surface area contributed by atoms with Crippen LogP contribution in [0.4, 0.5) is 0 Å². The second-order valence-electron chi connectivity index (χ2n) is 5.16. The van der Waals surface area contributed by atoms with Crippen LogP contribution in [0, 0.1) is 0 Å². The van der Waals surface area contributed by atoms with E-state index in [1.807, 2.05) is 32.2 Å². The Morgan fingerprint density at radius 2 is 1.86 bits per heavy atom. The second kappa shape index (κ2) is 7.57. The van der Waals surface area contributed by atoms with Gasteiger partial charge in [0.05, 0.1) is 12.1 Å². The van der Waals surface area contributed by atoms with E-state index in [2.05, 4.69) is 51.4 Å². The van der Waals surface area contributed by atoms with Crippen molar-refractivity contribution in [2.45, 2.75) is 32.9 Å². The zero-order valence-corrected chi connectivity index (χ0v) is 14.2. The third-order valence-electron chi connectivity index (χ3n) is 3.05. The number of aromatic nitrogens is 1. The van der Waals surface area contributed by atoms with Gasteiger partial charge >= 0.3 is 0 Å². The molecule has 1 unspecified atom stereocenters. The van der Waals surface area contributed by atoms with E-state index in [9.17, 15) is 0 Å². The Balaban J connectivity index is 2.26. The minimum absolute atomic E-state index is 0.133. The van der Waals surface area contributed by atoms with Crippen molar-refractivity contribution >= 4 is 15.9 Å². The van der Waals surface area contributed by atoms with E-state index in [0.717, 1.165) is 22.3 Å². The number of hydrogen-bond donors (Lipinski definition) is 1. The van der Waals surface area contributed by atoms with Crippen LogP contribution >= 0.6 is 15.9 Å². The summed E-state index contributed by atoms with van der Waals surface area (Å²) in [6, 6.07) is 10.5. The van der Waals surface area contributed by atoms with E-state index in [-0.39, 0.29) is 12.1 Å². The summed E-state index contributed by atoms with van der Waals surface area (Å²) in [6.07, 6.45) is 3.89. The highest BCUT2D eigenvalue weighted by Crippen LogP contribution is 2.25. The molecule has 1 N–H and O–H groups in total. The van der Waals surface area contributed by atoms with Gasteiger partial charge in [0.25, 0.3) is 0 Å². The predicted molar refractivity (Wildman–Crippen MR) is 89.7 cm³/mol. The zero-order chi connectivity index (χ0) is 15.2. The highest BCUT2D eigenvalue weighted by molar-refractivity contribution is 9.10. The number of nitrogens with one attached hydrogen (secondary N) is 1. The Labute approximate surface area is 134 Å². The molecule has 0 saturated heterocycles. The van der Waals surface area contributed by atoms with Crippen molar-refractivity contribution in [3.05, 3.63) is 58.3 Å². The molecular weight excluding hydrogens is 328 g/mol. The van der Waals surface area contributed by atoms with Crippen molar-refractivity contribution in [2.24, 2.45) is 0 Å². The predicted octanol–water partition coefficient (Wildman–Crippen LogP) is 4.33. The molecule has 0 bridgehead atoms. The lowest BCUT2D eigenvalue weighted by Gasteiger charge is -2.19. The van der Waals surface area contributed by atoms with E-state index in [1.54, 1.807) is 6.20 Å². The second-order valence-corrected chi connectivity index (χ2v) is 6.08. The summed E-state index contributed by atoms with van der Waals surface area (Å²) >= 11 is 3.48. The Kier molecular flexibility index (Phi) is 5.76. The topological polar surface area (TPSA) is 34.1 Å². The van der Waals surface area contributed by atoms with Crippen LogP contribution in [0.15, 0.2) is 47.2 Å². The highest BCUT2D eigenvalue weighted by Gasteiger charge is 2.14. The fourth-order valence-electron chi connectivity index (χ4n) is 2.23. The monoisotopic (exact) mass is 348 g/mol. The summed E-state index contributed by atoms with van der Waals surface area (Å²) in [5.41, 5.74) is 2.34. The summed E-state index contributed by atoms with van der Waals surface area (Å²) in [4.78, 5) is 4.26. The third kappa shape index (κ3) is 4.55. The maximum Gasteiger partial charge on any atom is 0.119 e. The van der Waals surface area contributed by atoms with Crippen LogP contribution in [0.3, 0.4) is 0 Å². The summed E-state index contributed by atoms with van der Waals surface area (Å²) in [7, 11) is 0. The molecule has 0 amide bonds. The van der Waals surface area contributed by atoms with Gasteiger partial charge in [-0.05, 0) is 65.6 Å². The third-order valence-corrected chi connectivity index (χ3v) is 3.49. The Hall–Kier alpha value is -1.39. The molecular formula is C17H21BrN2O. The maximum atomic E-state index is 5.69. The lowest BCUT2D eigenvalue weighted by atomic mass is 10.00. The quantitative estimate of drug-likeness (QED) is 0.843. The van der Waals surface area contributed by atoms with E-state index in [0.29, 0.717) is 0 Å². The van der Waals surface area contributed by atoms with E-state index in [1.165, 1.54) is 5.56 Å². The molecule has 0 saturated carbocycles. The smallest absolute Gasteiger partial charge is 0.119 e. The van der Waals surface area contributed by atoms with Gasteiger partial charge in [0.2, 0.25) is 0 Å². The minimum Gasteiger partial charge on any atom is -0.491 e. The first kappa shape index (κ1) is 16.0. The molecule has 4 heteroatoms. The van der Waals surface area contributed by atoms with Crippen LogP contribution in [-0.2, 0) is 0 Å². The minimum atomic E-state index is 0.133. The van der Waals surface area contributed by atoms with Gasteiger partial charge in [0.1, 0.15) is 5.75 Å². The molecule has 21 heavy (non-hydrogen) atoms. The van der Waals surface area contributed by atoms with Crippen LogP contribution < -0.4 is 10.1 Å². The van der Waals surface area contributed by atoms with Crippen LogP contribution in [0.1, 0.15) is 37.9 Å². The lowest BCUT2D eigenvalue weighted by Crippen LogP contribution is -2.22. The van der Waals surface area contributed by atoms with Crippen molar-refractivity contribution in [2.75, 3.05) is 6.54 Å². The number of nitrogens with zero attached hydrogens (tertiary/aromatic N) is 1. The number of benzene rings is 1. The molecule has 0 aliphatic heterocycles. The van der Waals surface area contributed by atoms with Crippen LogP contribution in [-0.4, -0.2) is 17.6 Å². The van der Waals surface area contributed by atoms with Crippen molar-refractivity contribution in [1.29, 1.82) is 0 Å². The van der Waals surface area contributed by atoms with Gasteiger partial charge in [-0.25, -0.2) is 0 Å². The van der Waals surface area contributed by atoms with Crippen LogP contribution in [0.25, 0.3) is 0 Å². The normalized spacial score (nSPS) is 12.4. The fraction of sp³-hybridized carbons (Fsp3) is 0.353. The first-order chi connectivity index (χ1) is 10.1. The molecule has 0 radical (unpaired) electrons. The molecule has 0 spiro atoms. The first-order valence-electron chi connectivity index (χ1n) is 7.20. The number of rotatable bonds is 6. The van der Waals surface area contributed by atoms with Crippen molar-refractivity contribution in [1.82, 2.24) is 10.3 Å². The summed E-state index contributed by atoms with van der Waals surface area (Å²) < 4.78 is 6.68. The molecule has 1 heterocycles. The average molecular weight is 349 g/mol. The van der Waals surface area contributed by atoms with Crippen molar-refractivity contribution in [3.63, 3.8) is 0 Å². The lowest BCUT2D eigenvalue weighted by molar-refractivity contribution is 0.242. The molecule has 112 valence electrons. The summed E-state index contributed by atoms with van der Waals surface area (Å²) in [6.45, 7) is 7.06. The van der Waals surface area contributed by atoms with Gasteiger partial charge in [-0.3, -0.25) is 4.98 Å². The molecule has 0 fully saturated rings. The van der Waals surface area contributed by atoms with Crippen LogP contribution in [0.5, 0.6) is 5.75 Å². The molecule has 0 aliphatic carbocycles. The molecule has 1 aromatic carbocycles. The van der Waals surface area contributed by atoms with Gasteiger partial charge in [-0.1, -0.05) is 19.1 Å². The molecule has 0 aliphatic rings. The molecule has 2 aromatic rings. The number of hydrogen-bond acceptors (Lipinski definition) is 3. The fourth-order valence-corrected chi connectivity index (χ4v) is 2.61. The first-order valence-corrected chi connectivity index (χ1v) is 8.00. The number of halogens is 1. The molecule has 1 atom stereocenters. The zero-order valence-electron chi connectivity index (χ0n) is 12.6. The summed E-state index contributed by atoms with van der Waals surface area (Å²) in [5, 5.41) is 3.50. The highest BCUT2D eigenvalue weighted by atomic mass is 79.9.